The van der Waals surface area contributed by atoms with Crippen LogP contribution in [0.5, 0.6) is 0 Å². The van der Waals surface area contributed by atoms with Crippen LogP contribution in [0.1, 0.15) is 19.9 Å². The molecule has 3 heteroatoms. The van der Waals surface area contributed by atoms with Crippen molar-refractivity contribution in [3.63, 3.8) is 0 Å². The first-order valence-electron chi connectivity index (χ1n) is 6.46. The molecule has 96 valence electrons. The summed E-state index contributed by atoms with van der Waals surface area (Å²) in [6, 6.07) is 10.8. The van der Waals surface area contributed by atoms with Crippen LogP contribution in [0.4, 0.5) is 0 Å². The van der Waals surface area contributed by atoms with E-state index in [1.54, 1.807) is 0 Å². The van der Waals surface area contributed by atoms with Gasteiger partial charge in [0.15, 0.2) is 0 Å². The fourth-order valence-electron chi connectivity index (χ4n) is 2.09. The summed E-state index contributed by atoms with van der Waals surface area (Å²) < 4.78 is 2.06. The average molecular weight is 243 g/mol. The van der Waals surface area contributed by atoms with Crippen LogP contribution in [-0.4, -0.2) is 23.4 Å². The second-order valence-corrected chi connectivity index (χ2v) is 4.85. The Morgan fingerprint density at radius 1 is 1.17 bits per heavy atom. The van der Waals surface area contributed by atoms with Gasteiger partial charge >= 0.3 is 0 Å². The third-order valence-corrected chi connectivity index (χ3v) is 3.48. The molecule has 0 aliphatic rings. The highest BCUT2D eigenvalue weighted by Crippen LogP contribution is 2.22. The SMILES string of the molecule is CNCC(C)C(C)n1cc(-c2ccccc2)cn1. The summed E-state index contributed by atoms with van der Waals surface area (Å²) in [7, 11) is 1.99. The average Bonchev–Trinajstić information content (AvgIpc) is 2.89. The number of rotatable bonds is 5. The highest BCUT2D eigenvalue weighted by Gasteiger charge is 2.14. The predicted octanol–water partition coefficient (Wildman–Crippen LogP) is 2.97. The molecular weight excluding hydrogens is 222 g/mol. The molecule has 0 spiro atoms. The molecule has 1 aromatic carbocycles. The van der Waals surface area contributed by atoms with Gasteiger partial charge in [0.1, 0.15) is 0 Å². The van der Waals surface area contributed by atoms with Gasteiger partial charge in [-0.1, -0.05) is 37.3 Å². The minimum atomic E-state index is 0.398. The van der Waals surface area contributed by atoms with Gasteiger partial charge in [-0.3, -0.25) is 4.68 Å². The molecule has 2 atom stereocenters. The largest absolute Gasteiger partial charge is 0.319 e. The molecule has 1 aromatic heterocycles. The zero-order chi connectivity index (χ0) is 13.0. The maximum atomic E-state index is 4.48. The minimum Gasteiger partial charge on any atom is -0.319 e. The lowest BCUT2D eigenvalue weighted by Gasteiger charge is -2.19. The lowest BCUT2D eigenvalue weighted by atomic mass is 10.0. The van der Waals surface area contributed by atoms with E-state index in [0.717, 1.165) is 6.54 Å². The first kappa shape index (κ1) is 12.8. The number of benzene rings is 1. The van der Waals surface area contributed by atoms with Gasteiger partial charge in [-0.25, -0.2) is 0 Å². The normalized spacial score (nSPS) is 14.4. The van der Waals surface area contributed by atoms with Crippen molar-refractivity contribution in [1.82, 2.24) is 15.1 Å². The van der Waals surface area contributed by atoms with Crippen molar-refractivity contribution in [3.05, 3.63) is 42.7 Å². The first-order valence-corrected chi connectivity index (χ1v) is 6.46. The smallest absolute Gasteiger partial charge is 0.0568 e. The molecule has 1 N–H and O–H groups in total. The van der Waals surface area contributed by atoms with E-state index in [-0.39, 0.29) is 0 Å². The number of hydrogen-bond donors (Lipinski definition) is 1. The summed E-state index contributed by atoms with van der Waals surface area (Å²) in [5.74, 6) is 0.554. The van der Waals surface area contributed by atoms with Crippen LogP contribution in [0.25, 0.3) is 11.1 Å². The predicted molar refractivity (Wildman–Crippen MR) is 75.5 cm³/mol. The van der Waals surface area contributed by atoms with E-state index in [2.05, 4.69) is 59.4 Å². The van der Waals surface area contributed by atoms with Gasteiger partial charge in [-0.15, -0.1) is 0 Å². The Bertz CT molecular complexity index is 475. The van der Waals surface area contributed by atoms with Crippen molar-refractivity contribution in [2.75, 3.05) is 13.6 Å². The van der Waals surface area contributed by atoms with E-state index < -0.39 is 0 Å². The Morgan fingerprint density at radius 3 is 2.56 bits per heavy atom. The Balaban J connectivity index is 2.15. The van der Waals surface area contributed by atoms with Gasteiger partial charge in [-0.2, -0.15) is 5.10 Å². The van der Waals surface area contributed by atoms with E-state index in [1.807, 2.05) is 19.3 Å². The fraction of sp³-hybridized carbons (Fsp3) is 0.400. The molecule has 0 saturated carbocycles. The van der Waals surface area contributed by atoms with Crippen molar-refractivity contribution < 1.29 is 0 Å². The molecule has 18 heavy (non-hydrogen) atoms. The van der Waals surface area contributed by atoms with Crippen molar-refractivity contribution in [1.29, 1.82) is 0 Å². The Morgan fingerprint density at radius 2 is 1.89 bits per heavy atom. The van der Waals surface area contributed by atoms with E-state index in [0.29, 0.717) is 12.0 Å². The molecule has 1 heterocycles. The number of hydrogen-bond acceptors (Lipinski definition) is 2. The molecule has 0 bridgehead atoms. The zero-order valence-electron chi connectivity index (χ0n) is 11.3. The van der Waals surface area contributed by atoms with E-state index in [1.165, 1.54) is 11.1 Å². The van der Waals surface area contributed by atoms with Gasteiger partial charge in [0.25, 0.3) is 0 Å². The molecule has 2 unspecified atom stereocenters. The number of aromatic nitrogens is 2. The van der Waals surface area contributed by atoms with Crippen molar-refractivity contribution in [2.24, 2.45) is 5.92 Å². The summed E-state index contributed by atoms with van der Waals surface area (Å²) in [5.41, 5.74) is 2.40. The van der Waals surface area contributed by atoms with Crippen LogP contribution in [-0.2, 0) is 0 Å². The Hall–Kier alpha value is -1.61. The van der Waals surface area contributed by atoms with Crippen LogP contribution in [0.3, 0.4) is 0 Å². The summed E-state index contributed by atoms with van der Waals surface area (Å²) >= 11 is 0. The molecule has 0 radical (unpaired) electrons. The van der Waals surface area contributed by atoms with Crippen LogP contribution in [0.15, 0.2) is 42.7 Å². The quantitative estimate of drug-likeness (QED) is 0.875. The standard InChI is InChI=1S/C15H21N3/c1-12(9-16-3)13(2)18-11-15(10-17-18)14-7-5-4-6-8-14/h4-8,10-13,16H,9H2,1-3H3. The van der Waals surface area contributed by atoms with Gasteiger partial charge < -0.3 is 5.32 Å². The van der Waals surface area contributed by atoms with Crippen molar-refractivity contribution >= 4 is 0 Å². The third kappa shape index (κ3) is 2.79. The molecule has 0 aliphatic heterocycles. The maximum Gasteiger partial charge on any atom is 0.0568 e. The molecule has 0 aliphatic carbocycles. The summed E-state index contributed by atoms with van der Waals surface area (Å²) in [6.07, 6.45) is 4.07. The highest BCUT2D eigenvalue weighted by atomic mass is 15.3. The van der Waals surface area contributed by atoms with Gasteiger partial charge in [0.05, 0.1) is 12.2 Å². The van der Waals surface area contributed by atoms with Crippen molar-refractivity contribution in [3.8, 4) is 11.1 Å². The van der Waals surface area contributed by atoms with Gasteiger partial charge in [0, 0.05) is 11.8 Å². The monoisotopic (exact) mass is 243 g/mol. The molecule has 2 rings (SSSR count). The summed E-state index contributed by atoms with van der Waals surface area (Å²) in [4.78, 5) is 0. The van der Waals surface area contributed by atoms with E-state index in [9.17, 15) is 0 Å². The molecule has 0 amide bonds. The zero-order valence-corrected chi connectivity index (χ0v) is 11.3. The van der Waals surface area contributed by atoms with E-state index >= 15 is 0 Å². The topological polar surface area (TPSA) is 29.9 Å². The van der Waals surface area contributed by atoms with E-state index in [4.69, 9.17) is 0 Å². The highest BCUT2D eigenvalue weighted by molar-refractivity contribution is 5.61. The number of nitrogens with one attached hydrogen (secondary N) is 1. The molecular formula is C15H21N3. The summed E-state index contributed by atoms with van der Waals surface area (Å²) in [6.45, 7) is 5.45. The molecule has 0 saturated heterocycles. The second-order valence-electron chi connectivity index (χ2n) is 4.85. The molecule has 3 nitrogen and oxygen atoms in total. The second kappa shape index (κ2) is 5.83. The Kier molecular flexibility index (Phi) is 4.15. The number of nitrogens with zero attached hydrogens (tertiary/aromatic N) is 2. The molecule has 2 aromatic rings. The maximum absolute atomic E-state index is 4.48. The third-order valence-electron chi connectivity index (χ3n) is 3.48. The lowest BCUT2D eigenvalue weighted by molar-refractivity contribution is 0.344. The van der Waals surface area contributed by atoms with Crippen LogP contribution >= 0.6 is 0 Å². The van der Waals surface area contributed by atoms with Gasteiger partial charge in [0.2, 0.25) is 0 Å². The van der Waals surface area contributed by atoms with Crippen LogP contribution in [0.2, 0.25) is 0 Å². The molecule has 0 fully saturated rings. The van der Waals surface area contributed by atoms with Crippen molar-refractivity contribution in [2.45, 2.75) is 19.9 Å². The van der Waals surface area contributed by atoms with Crippen LogP contribution in [0, 0.1) is 5.92 Å². The minimum absolute atomic E-state index is 0.398. The van der Waals surface area contributed by atoms with Gasteiger partial charge in [-0.05, 0) is 32.0 Å². The van der Waals surface area contributed by atoms with Crippen LogP contribution < -0.4 is 5.32 Å². The Labute approximate surface area is 109 Å². The fourth-order valence-corrected chi connectivity index (χ4v) is 2.09. The first-order chi connectivity index (χ1) is 8.72. The summed E-state index contributed by atoms with van der Waals surface area (Å²) in [5, 5.41) is 7.70. The lowest BCUT2D eigenvalue weighted by Crippen LogP contribution is -2.24.